The number of thioether (sulfide) groups is 1. The molecular formula is C22H21F3SSi. The van der Waals surface area contributed by atoms with Gasteiger partial charge in [-0.05, 0) is 54.3 Å². The zero-order valence-corrected chi connectivity index (χ0v) is 17.4. The van der Waals surface area contributed by atoms with Crippen LogP contribution < -0.4 is 0 Å². The Morgan fingerprint density at radius 1 is 0.963 bits per heavy atom. The topological polar surface area (TPSA) is 0 Å². The van der Waals surface area contributed by atoms with E-state index in [2.05, 4.69) is 37.4 Å². The Morgan fingerprint density at radius 3 is 2.15 bits per heavy atom. The Kier molecular flexibility index (Phi) is 6.87. The lowest BCUT2D eigenvalue weighted by atomic mass is 10.0. The van der Waals surface area contributed by atoms with Crippen LogP contribution in [0.5, 0.6) is 0 Å². The van der Waals surface area contributed by atoms with E-state index in [0.717, 1.165) is 16.7 Å². The maximum absolute atomic E-state index is 13.2. The first-order chi connectivity index (χ1) is 12.6. The quantitative estimate of drug-likeness (QED) is 0.319. The Balaban J connectivity index is 2.15. The summed E-state index contributed by atoms with van der Waals surface area (Å²) in [4.78, 5) is 1.15. The Bertz CT molecular complexity index is 889. The van der Waals surface area contributed by atoms with Crippen molar-refractivity contribution >= 4 is 19.8 Å². The first-order valence-electron chi connectivity index (χ1n) is 8.51. The lowest BCUT2D eigenvalue weighted by Gasteiger charge is -2.14. The Labute approximate surface area is 164 Å². The number of hydrogen-bond acceptors (Lipinski definition) is 1. The maximum Gasteiger partial charge on any atom is 0.417 e. The number of benzene rings is 2. The van der Waals surface area contributed by atoms with Crippen LogP contribution in [0.2, 0.25) is 25.7 Å². The van der Waals surface area contributed by atoms with Crippen LogP contribution in [0.15, 0.2) is 47.4 Å². The average molecular weight is 403 g/mol. The fourth-order valence-corrected chi connectivity index (χ4v) is 5.65. The fraction of sp³-hybridized carbons (Fsp3) is 0.273. The SMILES string of the molecule is C#Cc1ccc(C#Cc2ccc(SCC[Si](C)(C)C)cc2)c(C(F)(F)F)c1. The summed E-state index contributed by atoms with van der Waals surface area (Å²) in [5.41, 5.74) is -0.00896. The molecule has 140 valence electrons. The van der Waals surface area contributed by atoms with Crippen molar-refractivity contribution in [1.29, 1.82) is 0 Å². The third-order valence-corrected chi connectivity index (χ3v) is 6.93. The molecule has 0 unspecified atom stereocenters. The van der Waals surface area contributed by atoms with Gasteiger partial charge in [0.1, 0.15) is 0 Å². The van der Waals surface area contributed by atoms with Crippen molar-refractivity contribution in [3.8, 4) is 24.2 Å². The molecule has 0 aromatic heterocycles. The first kappa shape index (κ1) is 21.2. The van der Waals surface area contributed by atoms with Crippen LogP contribution in [0, 0.1) is 24.2 Å². The van der Waals surface area contributed by atoms with Gasteiger partial charge in [0, 0.05) is 29.7 Å². The molecule has 0 N–H and O–H groups in total. The zero-order valence-electron chi connectivity index (χ0n) is 15.6. The molecule has 0 bridgehead atoms. The van der Waals surface area contributed by atoms with E-state index < -0.39 is 19.8 Å². The summed E-state index contributed by atoms with van der Waals surface area (Å²) in [6, 6.07) is 12.6. The van der Waals surface area contributed by atoms with Crippen LogP contribution in [0.4, 0.5) is 13.2 Å². The molecule has 2 rings (SSSR count). The second kappa shape index (κ2) is 8.74. The van der Waals surface area contributed by atoms with E-state index in [1.807, 2.05) is 24.3 Å². The molecular weight excluding hydrogens is 381 g/mol. The standard InChI is InChI=1S/C22H21F3SSi/c1-5-17-6-10-19(21(16-17)22(23,24)25)11-7-18-8-12-20(13-9-18)26-14-15-27(2,3)4/h1,6,8-10,12-13,16H,14-15H2,2-4H3. The Hall–Kier alpha value is -2.08. The van der Waals surface area contributed by atoms with Gasteiger partial charge in [0.15, 0.2) is 0 Å². The van der Waals surface area contributed by atoms with E-state index in [0.29, 0.717) is 5.56 Å². The smallest absolute Gasteiger partial charge is 0.166 e. The minimum absolute atomic E-state index is 0.0740. The summed E-state index contributed by atoms with van der Waals surface area (Å²) < 4.78 is 39.6. The van der Waals surface area contributed by atoms with Crippen LogP contribution in [-0.4, -0.2) is 13.8 Å². The third kappa shape index (κ3) is 6.86. The van der Waals surface area contributed by atoms with Gasteiger partial charge in [-0.2, -0.15) is 13.2 Å². The molecule has 0 nitrogen and oxygen atoms in total. The van der Waals surface area contributed by atoms with Crippen molar-refractivity contribution in [2.24, 2.45) is 0 Å². The second-order valence-electron chi connectivity index (χ2n) is 7.34. The van der Waals surface area contributed by atoms with Gasteiger partial charge in [-0.25, -0.2) is 0 Å². The molecule has 0 atom stereocenters. The van der Waals surface area contributed by atoms with E-state index in [1.165, 1.54) is 18.2 Å². The van der Waals surface area contributed by atoms with E-state index in [1.54, 1.807) is 11.8 Å². The zero-order chi connectivity index (χ0) is 20.1. The summed E-state index contributed by atoms with van der Waals surface area (Å²) in [7, 11) is -1.05. The highest BCUT2D eigenvalue weighted by molar-refractivity contribution is 7.99. The van der Waals surface area contributed by atoms with Crippen molar-refractivity contribution < 1.29 is 13.2 Å². The van der Waals surface area contributed by atoms with Crippen LogP contribution >= 0.6 is 11.8 Å². The Morgan fingerprint density at radius 2 is 1.59 bits per heavy atom. The molecule has 0 fully saturated rings. The molecule has 0 aliphatic heterocycles. The number of alkyl halides is 3. The lowest BCUT2D eigenvalue weighted by Crippen LogP contribution is -2.19. The van der Waals surface area contributed by atoms with Crippen molar-refractivity contribution in [3.05, 3.63) is 64.7 Å². The number of halogens is 3. The molecule has 0 aliphatic rings. The molecule has 0 saturated carbocycles. The normalized spacial score (nSPS) is 11.4. The summed E-state index contributed by atoms with van der Waals surface area (Å²) in [5.74, 6) is 8.75. The predicted octanol–water partition coefficient (Wildman–Crippen LogP) is 6.52. The van der Waals surface area contributed by atoms with Crippen molar-refractivity contribution in [1.82, 2.24) is 0 Å². The van der Waals surface area contributed by atoms with Gasteiger partial charge in [-0.15, -0.1) is 18.2 Å². The largest absolute Gasteiger partial charge is 0.417 e. The average Bonchev–Trinajstić information content (AvgIpc) is 2.59. The molecule has 0 spiro atoms. The minimum atomic E-state index is -4.49. The highest BCUT2D eigenvalue weighted by atomic mass is 32.2. The van der Waals surface area contributed by atoms with Gasteiger partial charge in [-0.3, -0.25) is 0 Å². The highest BCUT2D eigenvalue weighted by Crippen LogP contribution is 2.32. The molecule has 5 heteroatoms. The first-order valence-corrected chi connectivity index (χ1v) is 13.2. The van der Waals surface area contributed by atoms with Gasteiger partial charge in [0.2, 0.25) is 0 Å². The molecule has 0 saturated heterocycles. The molecule has 27 heavy (non-hydrogen) atoms. The van der Waals surface area contributed by atoms with Gasteiger partial charge >= 0.3 is 6.18 Å². The van der Waals surface area contributed by atoms with Crippen LogP contribution in [0.3, 0.4) is 0 Å². The van der Waals surface area contributed by atoms with Gasteiger partial charge in [0.05, 0.1) is 5.56 Å². The summed E-state index contributed by atoms with van der Waals surface area (Å²) in [6.07, 6.45) is 0.704. The van der Waals surface area contributed by atoms with Crippen LogP contribution in [0.25, 0.3) is 0 Å². The van der Waals surface area contributed by atoms with Crippen LogP contribution in [0.1, 0.15) is 22.3 Å². The maximum atomic E-state index is 13.2. The molecule has 0 amide bonds. The predicted molar refractivity (Wildman–Crippen MR) is 111 cm³/mol. The number of rotatable bonds is 4. The third-order valence-electron chi connectivity index (χ3n) is 3.81. The van der Waals surface area contributed by atoms with Gasteiger partial charge in [-0.1, -0.05) is 37.4 Å². The van der Waals surface area contributed by atoms with E-state index in [9.17, 15) is 13.2 Å². The molecule has 0 aliphatic carbocycles. The molecule has 2 aromatic carbocycles. The van der Waals surface area contributed by atoms with Crippen molar-refractivity contribution in [2.45, 2.75) is 36.8 Å². The van der Waals surface area contributed by atoms with E-state index >= 15 is 0 Å². The van der Waals surface area contributed by atoms with E-state index in [-0.39, 0.29) is 11.1 Å². The van der Waals surface area contributed by atoms with Gasteiger partial charge in [0.25, 0.3) is 0 Å². The van der Waals surface area contributed by atoms with E-state index in [4.69, 9.17) is 6.42 Å². The van der Waals surface area contributed by atoms with Crippen molar-refractivity contribution in [2.75, 3.05) is 5.75 Å². The fourth-order valence-electron chi connectivity index (χ4n) is 2.23. The number of hydrogen-bond donors (Lipinski definition) is 0. The number of terminal acetylenes is 1. The summed E-state index contributed by atoms with van der Waals surface area (Å²) >= 11 is 1.80. The second-order valence-corrected chi connectivity index (χ2v) is 14.1. The summed E-state index contributed by atoms with van der Waals surface area (Å²) in [6.45, 7) is 7.03. The van der Waals surface area contributed by atoms with Crippen LogP contribution in [-0.2, 0) is 6.18 Å². The summed E-state index contributed by atoms with van der Waals surface area (Å²) in [5, 5.41) is 0. The van der Waals surface area contributed by atoms with Gasteiger partial charge < -0.3 is 0 Å². The van der Waals surface area contributed by atoms with Crippen molar-refractivity contribution in [3.63, 3.8) is 0 Å². The molecule has 0 heterocycles. The lowest BCUT2D eigenvalue weighted by molar-refractivity contribution is -0.137. The monoisotopic (exact) mass is 402 g/mol. The molecule has 2 aromatic rings. The minimum Gasteiger partial charge on any atom is -0.166 e. The highest BCUT2D eigenvalue weighted by Gasteiger charge is 2.33. The molecule has 0 radical (unpaired) electrons.